The fourth-order valence-electron chi connectivity index (χ4n) is 3.46. The Bertz CT molecular complexity index is 761. The third-order valence-corrected chi connectivity index (χ3v) is 5.00. The van der Waals surface area contributed by atoms with Gasteiger partial charge in [0.2, 0.25) is 5.95 Å². The van der Waals surface area contributed by atoms with Crippen molar-refractivity contribution in [1.29, 1.82) is 0 Å². The Morgan fingerprint density at radius 2 is 1.83 bits per heavy atom. The number of rotatable bonds is 8. The summed E-state index contributed by atoms with van der Waals surface area (Å²) in [6, 6.07) is 10.4. The van der Waals surface area contributed by atoms with Gasteiger partial charge in [-0.2, -0.15) is 0 Å². The fourth-order valence-corrected chi connectivity index (χ4v) is 3.46. The first kappa shape index (κ1) is 24.3. The van der Waals surface area contributed by atoms with Crippen molar-refractivity contribution >= 4 is 35.9 Å². The Labute approximate surface area is 197 Å². The molecule has 1 fully saturated rings. The van der Waals surface area contributed by atoms with Crippen LogP contribution in [0.4, 0.5) is 5.95 Å². The normalized spacial score (nSPS) is 14.9. The second kappa shape index (κ2) is 13.4. The topological polar surface area (TPSA) is 68.7 Å². The molecule has 1 aromatic carbocycles. The Morgan fingerprint density at radius 1 is 1.07 bits per heavy atom. The quantitative estimate of drug-likeness (QED) is 0.240. The number of nitrogens with zero attached hydrogens (tertiary/aromatic N) is 5. The van der Waals surface area contributed by atoms with E-state index in [0.29, 0.717) is 6.54 Å². The van der Waals surface area contributed by atoms with Gasteiger partial charge in [-0.3, -0.25) is 4.90 Å². The van der Waals surface area contributed by atoms with Crippen molar-refractivity contribution in [2.24, 2.45) is 4.99 Å². The molecule has 1 saturated heterocycles. The molecule has 2 heterocycles. The maximum atomic E-state index is 4.71. The minimum Gasteiger partial charge on any atom is -0.357 e. The predicted octanol–water partition coefficient (Wildman–Crippen LogP) is 2.67. The molecule has 0 aliphatic carbocycles. The Balaban J connectivity index is 0.00000320. The van der Waals surface area contributed by atoms with Crippen LogP contribution in [0.2, 0.25) is 0 Å². The van der Waals surface area contributed by atoms with Gasteiger partial charge in [-0.25, -0.2) is 15.0 Å². The van der Waals surface area contributed by atoms with Crippen LogP contribution in [0.5, 0.6) is 0 Å². The fraction of sp³-hybridized carbons (Fsp3) is 0.500. The molecule has 1 aromatic heterocycles. The molecular formula is C22H34IN7. The lowest BCUT2D eigenvalue weighted by atomic mass is 10.1. The van der Waals surface area contributed by atoms with Gasteiger partial charge in [0, 0.05) is 51.7 Å². The number of guanidine groups is 1. The summed E-state index contributed by atoms with van der Waals surface area (Å²) in [5.41, 5.74) is 2.51. The summed E-state index contributed by atoms with van der Waals surface area (Å²) in [5, 5.41) is 6.80. The molecule has 7 nitrogen and oxygen atoms in total. The van der Waals surface area contributed by atoms with E-state index in [1.807, 2.05) is 18.5 Å². The van der Waals surface area contributed by atoms with Crippen LogP contribution in [0.3, 0.4) is 0 Å². The summed E-state index contributed by atoms with van der Waals surface area (Å²) < 4.78 is 0. The molecule has 2 aromatic rings. The molecule has 0 radical (unpaired) electrons. The molecular weight excluding hydrogens is 489 g/mol. The number of hydrogen-bond donors (Lipinski definition) is 2. The number of benzene rings is 1. The smallest absolute Gasteiger partial charge is 0.225 e. The van der Waals surface area contributed by atoms with Gasteiger partial charge in [-0.1, -0.05) is 29.8 Å². The van der Waals surface area contributed by atoms with E-state index in [4.69, 9.17) is 4.99 Å². The van der Waals surface area contributed by atoms with E-state index in [2.05, 4.69) is 68.5 Å². The highest BCUT2D eigenvalue weighted by Gasteiger charge is 2.18. The first-order valence-corrected chi connectivity index (χ1v) is 10.6. The first-order valence-electron chi connectivity index (χ1n) is 10.6. The van der Waals surface area contributed by atoms with E-state index >= 15 is 0 Å². The molecule has 0 atom stereocenters. The Morgan fingerprint density at radius 3 is 2.53 bits per heavy atom. The molecule has 8 heteroatoms. The zero-order valence-electron chi connectivity index (χ0n) is 18.0. The standard InChI is InChI=1S/C22H33N7.HI/c1-3-23-21(27-18-20-8-4-7-19(2)17-20)24-11-6-12-28-13-15-29(16-14-28)22-25-9-5-10-26-22;/h4-5,7-10,17H,3,6,11-16,18H2,1-2H3,(H2,23,24,27);1H. The van der Waals surface area contributed by atoms with Crippen molar-refractivity contribution in [2.45, 2.75) is 26.8 Å². The van der Waals surface area contributed by atoms with Crippen molar-refractivity contribution < 1.29 is 0 Å². The van der Waals surface area contributed by atoms with Gasteiger partial charge < -0.3 is 15.5 Å². The number of aliphatic imine (C=N–C) groups is 1. The minimum absolute atomic E-state index is 0. The highest BCUT2D eigenvalue weighted by molar-refractivity contribution is 14.0. The number of hydrogen-bond acceptors (Lipinski definition) is 5. The zero-order chi connectivity index (χ0) is 20.3. The van der Waals surface area contributed by atoms with Gasteiger partial charge in [0.15, 0.2) is 5.96 Å². The van der Waals surface area contributed by atoms with E-state index in [0.717, 1.165) is 64.1 Å². The summed E-state index contributed by atoms with van der Waals surface area (Å²) in [4.78, 5) is 18.2. The molecule has 164 valence electrons. The Kier molecular flexibility index (Phi) is 10.9. The molecule has 0 bridgehead atoms. The molecule has 3 rings (SSSR count). The SMILES string of the molecule is CCNC(=NCc1cccc(C)c1)NCCCN1CCN(c2ncccn2)CC1.I. The lowest BCUT2D eigenvalue weighted by Gasteiger charge is -2.34. The van der Waals surface area contributed by atoms with Gasteiger partial charge in [-0.05, 0) is 38.4 Å². The Hall–Kier alpha value is -1.94. The third kappa shape index (κ3) is 8.06. The van der Waals surface area contributed by atoms with Crippen molar-refractivity contribution in [2.75, 3.05) is 50.7 Å². The van der Waals surface area contributed by atoms with Crippen LogP contribution in [0.15, 0.2) is 47.7 Å². The van der Waals surface area contributed by atoms with Crippen LogP contribution < -0.4 is 15.5 Å². The lowest BCUT2D eigenvalue weighted by molar-refractivity contribution is 0.254. The second-order valence-electron chi connectivity index (χ2n) is 7.34. The molecule has 2 N–H and O–H groups in total. The van der Waals surface area contributed by atoms with Crippen LogP contribution in [0.25, 0.3) is 0 Å². The highest BCUT2D eigenvalue weighted by Crippen LogP contribution is 2.09. The van der Waals surface area contributed by atoms with Crippen LogP contribution >= 0.6 is 24.0 Å². The number of nitrogens with one attached hydrogen (secondary N) is 2. The number of piperazine rings is 1. The monoisotopic (exact) mass is 523 g/mol. The van der Waals surface area contributed by atoms with Crippen LogP contribution in [-0.4, -0.2) is 66.6 Å². The lowest BCUT2D eigenvalue weighted by Crippen LogP contribution is -2.47. The van der Waals surface area contributed by atoms with Crippen LogP contribution in [0, 0.1) is 6.92 Å². The summed E-state index contributed by atoms with van der Waals surface area (Å²) >= 11 is 0. The van der Waals surface area contributed by atoms with Gasteiger partial charge in [0.05, 0.1) is 6.54 Å². The molecule has 1 aliphatic heterocycles. The number of halogens is 1. The van der Waals surface area contributed by atoms with Gasteiger partial charge in [0.25, 0.3) is 0 Å². The number of anilines is 1. The van der Waals surface area contributed by atoms with E-state index in [1.165, 1.54) is 11.1 Å². The highest BCUT2D eigenvalue weighted by atomic mass is 127. The van der Waals surface area contributed by atoms with E-state index in [1.54, 1.807) is 0 Å². The molecule has 0 unspecified atom stereocenters. The summed E-state index contributed by atoms with van der Waals surface area (Å²) in [6.07, 6.45) is 4.71. The van der Waals surface area contributed by atoms with E-state index < -0.39 is 0 Å². The zero-order valence-corrected chi connectivity index (χ0v) is 20.4. The number of aryl methyl sites for hydroxylation is 1. The molecule has 1 aliphatic rings. The predicted molar refractivity (Wildman–Crippen MR) is 135 cm³/mol. The second-order valence-corrected chi connectivity index (χ2v) is 7.34. The molecule has 0 amide bonds. The first-order chi connectivity index (χ1) is 14.2. The maximum absolute atomic E-state index is 4.71. The van der Waals surface area contributed by atoms with Gasteiger partial charge in [-0.15, -0.1) is 24.0 Å². The summed E-state index contributed by atoms with van der Waals surface area (Å²) in [7, 11) is 0. The van der Waals surface area contributed by atoms with Gasteiger partial charge in [0.1, 0.15) is 0 Å². The third-order valence-electron chi connectivity index (χ3n) is 5.00. The largest absolute Gasteiger partial charge is 0.357 e. The van der Waals surface area contributed by atoms with Crippen molar-refractivity contribution in [3.63, 3.8) is 0 Å². The minimum atomic E-state index is 0. The summed E-state index contributed by atoms with van der Waals surface area (Å²) in [6.45, 7) is 11.9. The summed E-state index contributed by atoms with van der Waals surface area (Å²) in [5.74, 6) is 1.73. The molecule has 0 saturated carbocycles. The molecule has 30 heavy (non-hydrogen) atoms. The number of aromatic nitrogens is 2. The molecule has 0 spiro atoms. The van der Waals surface area contributed by atoms with Crippen molar-refractivity contribution in [3.05, 3.63) is 53.9 Å². The van der Waals surface area contributed by atoms with Crippen molar-refractivity contribution in [1.82, 2.24) is 25.5 Å². The van der Waals surface area contributed by atoms with Crippen LogP contribution in [0.1, 0.15) is 24.5 Å². The van der Waals surface area contributed by atoms with E-state index in [9.17, 15) is 0 Å². The van der Waals surface area contributed by atoms with Crippen molar-refractivity contribution in [3.8, 4) is 0 Å². The average molecular weight is 523 g/mol. The van der Waals surface area contributed by atoms with E-state index in [-0.39, 0.29) is 24.0 Å². The van der Waals surface area contributed by atoms with Crippen LogP contribution in [-0.2, 0) is 6.54 Å². The average Bonchev–Trinajstić information content (AvgIpc) is 2.76. The maximum Gasteiger partial charge on any atom is 0.225 e. The van der Waals surface area contributed by atoms with Gasteiger partial charge >= 0.3 is 0 Å².